The van der Waals surface area contributed by atoms with Gasteiger partial charge in [0.25, 0.3) is 0 Å². The van der Waals surface area contributed by atoms with Gasteiger partial charge < -0.3 is 14.4 Å². The molecule has 0 aliphatic heterocycles. The Morgan fingerprint density at radius 3 is 2.37 bits per heavy atom. The molecule has 0 aliphatic carbocycles. The predicted octanol–water partition coefficient (Wildman–Crippen LogP) is 0.417. The molecule has 1 rings (SSSR count). The molecule has 3 N–H and O–H groups in total. The van der Waals surface area contributed by atoms with Gasteiger partial charge in [0, 0.05) is 14.1 Å². The molecule has 0 atom stereocenters. The van der Waals surface area contributed by atoms with Crippen molar-refractivity contribution in [3.8, 4) is 6.01 Å². The van der Waals surface area contributed by atoms with Gasteiger partial charge in [0.15, 0.2) is 0 Å². The fourth-order valence-electron chi connectivity index (χ4n) is 1.16. The summed E-state index contributed by atoms with van der Waals surface area (Å²) in [7, 11) is 3.64. The van der Waals surface area contributed by atoms with Crippen LogP contribution in [0.3, 0.4) is 0 Å². The molecule has 0 saturated carbocycles. The average molecular weight is 270 g/mol. The van der Waals surface area contributed by atoms with Crippen LogP contribution in [0.2, 0.25) is 0 Å². The van der Waals surface area contributed by atoms with Crippen LogP contribution in [-0.2, 0) is 4.74 Å². The first-order chi connectivity index (χ1) is 8.81. The topological polar surface area (TPSA) is 98.4 Å². The molecule has 0 aromatic carbocycles. The summed E-state index contributed by atoms with van der Waals surface area (Å²) in [5.41, 5.74) is 2.18. The molecular formula is C11H22N6O2. The van der Waals surface area contributed by atoms with Crippen molar-refractivity contribution < 1.29 is 9.47 Å². The molecule has 0 spiro atoms. The van der Waals surface area contributed by atoms with Crippen molar-refractivity contribution >= 4 is 11.9 Å². The zero-order chi connectivity index (χ0) is 14.5. The number of nitrogens with two attached hydrogens (primary N) is 1. The largest absolute Gasteiger partial charge is 0.461 e. The van der Waals surface area contributed by atoms with Crippen molar-refractivity contribution in [2.75, 3.05) is 37.6 Å². The van der Waals surface area contributed by atoms with E-state index in [1.54, 1.807) is 4.90 Å². The summed E-state index contributed by atoms with van der Waals surface area (Å²) in [6.07, 6.45) is 0. The molecule has 0 amide bonds. The van der Waals surface area contributed by atoms with Crippen LogP contribution in [0.25, 0.3) is 0 Å². The van der Waals surface area contributed by atoms with Crippen LogP contribution in [0.1, 0.15) is 20.8 Å². The monoisotopic (exact) mass is 270 g/mol. The normalized spacial score (nSPS) is 11.3. The molecule has 8 nitrogen and oxygen atoms in total. The maximum atomic E-state index is 5.54. The molecule has 19 heavy (non-hydrogen) atoms. The van der Waals surface area contributed by atoms with E-state index in [0.29, 0.717) is 19.2 Å². The molecule has 1 heterocycles. The summed E-state index contributed by atoms with van der Waals surface area (Å²) < 4.78 is 11.0. The zero-order valence-corrected chi connectivity index (χ0v) is 12.1. The van der Waals surface area contributed by atoms with Gasteiger partial charge in [0.05, 0.1) is 12.2 Å². The van der Waals surface area contributed by atoms with E-state index in [-0.39, 0.29) is 17.6 Å². The summed E-state index contributed by atoms with van der Waals surface area (Å²) in [5, 5.41) is 0. The van der Waals surface area contributed by atoms with Crippen LogP contribution in [0.15, 0.2) is 0 Å². The lowest BCUT2D eigenvalue weighted by atomic mass is 10.2. The van der Waals surface area contributed by atoms with Crippen molar-refractivity contribution in [2.45, 2.75) is 26.4 Å². The summed E-state index contributed by atoms with van der Waals surface area (Å²) in [4.78, 5) is 14.0. The molecule has 8 heteroatoms. The smallest absolute Gasteiger partial charge is 0.323 e. The minimum atomic E-state index is -0.193. The number of anilines is 2. The van der Waals surface area contributed by atoms with Gasteiger partial charge in [-0.2, -0.15) is 15.0 Å². The van der Waals surface area contributed by atoms with Crippen LogP contribution in [0, 0.1) is 0 Å². The van der Waals surface area contributed by atoms with Crippen molar-refractivity contribution in [3.63, 3.8) is 0 Å². The Kier molecular flexibility index (Phi) is 5.25. The van der Waals surface area contributed by atoms with Crippen LogP contribution >= 0.6 is 0 Å². The lowest BCUT2D eigenvalue weighted by Crippen LogP contribution is -2.23. The number of ether oxygens (including phenoxy) is 2. The van der Waals surface area contributed by atoms with Crippen molar-refractivity contribution in [1.82, 2.24) is 15.0 Å². The lowest BCUT2D eigenvalue weighted by Gasteiger charge is -2.19. The summed E-state index contributed by atoms with van der Waals surface area (Å²) in [6, 6.07) is 0.212. The quantitative estimate of drug-likeness (QED) is 0.436. The van der Waals surface area contributed by atoms with Gasteiger partial charge in [0.2, 0.25) is 11.9 Å². The summed E-state index contributed by atoms with van der Waals surface area (Å²) >= 11 is 0. The van der Waals surface area contributed by atoms with Gasteiger partial charge in [-0.25, -0.2) is 5.84 Å². The minimum Gasteiger partial charge on any atom is -0.461 e. The minimum absolute atomic E-state index is 0.193. The van der Waals surface area contributed by atoms with Crippen LogP contribution in [-0.4, -0.2) is 47.9 Å². The van der Waals surface area contributed by atoms with Gasteiger partial charge in [-0.1, -0.05) is 0 Å². The van der Waals surface area contributed by atoms with E-state index in [9.17, 15) is 0 Å². The Morgan fingerprint density at radius 2 is 1.84 bits per heavy atom. The first kappa shape index (κ1) is 15.4. The van der Waals surface area contributed by atoms with E-state index in [2.05, 4.69) is 20.4 Å². The number of nitrogens with one attached hydrogen (secondary N) is 1. The Morgan fingerprint density at radius 1 is 1.16 bits per heavy atom. The number of nitrogens with zero attached hydrogens (tertiary/aromatic N) is 4. The molecule has 0 saturated heterocycles. The molecule has 1 aromatic heterocycles. The number of rotatable bonds is 6. The van der Waals surface area contributed by atoms with Crippen molar-refractivity contribution in [1.29, 1.82) is 0 Å². The Labute approximate surface area is 113 Å². The van der Waals surface area contributed by atoms with Crippen molar-refractivity contribution in [2.24, 2.45) is 5.84 Å². The van der Waals surface area contributed by atoms with Crippen molar-refractivity contribution in [3.05, 3.63) is 0 Å². The van der Waals surface area contributed by atoms with E-state index in [0.717, 1.165) is 0 Å². The average Bonchev–Trinajstić information content (AvgIpc) is 2.33. The van der Waals surface area contributed by atoms with Gasteiger partial charge in [0.1, 0.15) is 6.61 Å². The number of nitrogen functional groups attached to an aromatic ring is 1. The second kappa shape index (κ2) is 6.48. The van der Waals surface area contributed by atoms with Crippen LogP contribution in [0.5, 0.6) is 6.01 Å². The molecule has 0 radical (unpaired) electrons. The highest BCUT2D eigenvalue weighted by molar-refractivity contribution is 5.35. The predicted molar refractivity (Wildman–Crippen MR) is 73.2 cm³/mol. The van der Waals surface area contributed by atoms with Gasteiger partial charge in [-0.05, 0) is 20.8 Å². The molecule has 0 unspecified atom stereocenters. The molecule has 0 aliphatic rings. The van der Waals surface area contributed by atoms with E-state index in [4.69, 9.17) is 15.3 Å². The summed E-state index contributed by atoms with van der Waals surface area (Å²) in [6.45, 7) is 6.76. The first-order valence-electron chi connectivity index (χ1n) is 5.98. The number of hydrogen-bond acceptors (Lipinski definition) is 8. The maximum Gasteiger partial charge on any atom is 0.323 e. The highest BCUT2D eigenvalue weighted by Gasteiger charge is 2.11. The maximum absolute atomic E-state index is 5.54. The number of hydrogen-bond donors (Lipinski definition) is 2. The Balaban J connectivity index is 2.60. The second-order valence-electron chi connectivity index (χ2n) is 5.09. The van der Waals surface area contributed by atoms with Gasteiger partial charge in [-0.3, -0.25) is 5.43 Å². The highest BCUT2D eigenvalue weighted by Crippen LogP contribution is 2.12. The fraction of sp³-hybridized carbons (Fsp3) is 0.727. The van der Waals surface area contributed by atoms with E-state index < -0.39 is 0 Å². The van der Waals surface area contributed by atoms with E-state index >= 15 is 0 Å². The Hall–Kier alpha value is -1.67. The SMILES string of the molecule is CN(C)c1nc(NN)nc(OCCOC(C)(C)C)n1. The fourth-order valence-corrected chi connectivity index (χ4v) is 1.16. The Bertz CT molecular complexity index is 405. The molecule has 108 valence electrons. The standard InChI is InChI=1S/C11H22N6O2/c1-11(2,3)19-7-6-18-10-14-8(16-12)13-9(15-10)17(4)5/h6-7,12H2,1-5H3,(H,13,14,15,16). The van der Waals surface area contributed by atoms with Gasteiger partial charge >= 0.3 is 6.01 Å². The number of aromatic nitrogens is 3. The zero-order valence-electron chi connectivity index (χ0n) is 12.1. The molecular weight excluding hydrogens is 248 g/mol. The molecule has 0 fully saturated rings. The van der Waals surface area contributed by atoms with Crippen LogP contribution < -0.4 is 20.9 Å². The third kappa shape index (κ3) is 5.66. The highest BCUT2D eigenvalue weighted by atomic mass is 16.5. The van der Waals surface area contributed by atoms with E-state index in [1.165, 1.54) is 0 Å². The third-order valence-electron chi connectivity index (χ3n) is 1.98. The molecule has 1 aromatic rings. The van der Waals surface area contributed by atoms with Gasteiger partial charge in [-0.15, -0.1) is 0 Å². The second-order valence-corrected chi connectivity index (χ2v) is 5.09. The lowest BCUT2D eigenvalue weighted by molar-refractivity contribution is -0.0173. The number of hydrazine groups is 1. The molecule has 0 bridgehead atoms. The third-order valence-corrected chi connectivity index (χ3v) is 1.98. The van der Waals surface area contributed by atoms with Crippen LogP contribution in [0.4, 0.5) is 11.9 Å². The first-order valence-corrected chi connectivity index (χ1v) is 5.98. The van der Waals surface area contributed by atoms with E-state index in [1.807, 2.05) is 34.9 Å². The summed E-state index contributed by atoms with van der Waals surface area (Å²) in [5.74, 6) is 6.02.